The Morgan fingerprint density at radius 1 is 0.650 bits per heavy atom. The maximum absolute atomic E-state index is 8.10. The van der Waals surface area contributed by atoms with Crippen LogP contribution in [0.3, 0.4) is 0 Å². The van der Waals surface area contributed by atoms with E-state index in [1.807, 2.05) is 0 Å². The third-order valence-corrected chi connectivity index (χ3v) is 3.01. The van der Waals surface area contributed by atoms with Gasteiger partial charge < -0.3 is 9.47 Å². The Bertz CT molecular complexity index is 558. The first-order chi connectivity index (χ1) is 9.65. The van der Waals surface area contributed by atoms with Gasteiger partial charge in [0.15, 0.2) is 0 Å². The van der Waals surface area contributed by atoms with Crippen LogP contribution in [0.2, 0.25) is 0 Å². The third-order valence-electron chi connectivity index (χ3n) is 3.01. The van der Waals surface area contributed by atoms with E-state index in [-0.39, 0.29) is 11.4 Å². The highest BCUT2D eigenvalue weighted by atomic mass is 16.5. The first kappa shape index (κ1) is 13.8. The lowest BCUT2D eigenvalue weighted by Crippen LogP contribution is -2.14. The van der Waals surface area contributed by atoms with E-state index in [1.54, 1.807) is 62.8 Å². The van der Waals surface area contributed by atoms with Crippen molar-refractivity contribution in [2.24, 2.45) is 0 Å². The van der Waals surface area contributed by atoms with Crippen molar-refractivity contribution in [3.8, 4) is 11.5 Å². The Kier molecular flexibility index (Phi) is 4.15. The van der Waals surface area contributed by atoms with Crippen LogP contribution in [0.1, 0.15) is 11.1 Å². The first-order valence-corrected chi connectivity index (χ1v) is 6.12. The fourth-order valence-corrected chi connectivity index (χ4v) is 1.80. The molecule has 0 saturated carbocycles. The van der Waals surface area contributed by atoms with Gasteiger partial charge in [-0.2, -0.15) is 0 Å². The molecule has 0 aliphatic heterocycles. The lowest BCUT2D eigenvalue weighted by atomic mass is 10.00. The van der Waals surface area contributed by atoms with Crippen molar-refractivity contribution < 1.29 is 9.47 Å². The molecule has 0 amide bonds. The molecule has 0 saturated heterocycles. The lowest BCUT2D eigenvalue weighted by molar-refractivity contribution is 0.414. The molecule has 20 heavy (non-hydrogen) atoms. The molecule has 102 valence electrons. The number of methoxy groups -OCH3 is 2. The fourth-order valence-electron chi connectivity index (χ4n) is 1.80. The third kappa shape index (κ3) is 2.85. The van der Waals surface area contributed by atoms with Crippen molar-refractivity contribution in [1.82, 2.24) is 0 Å². The maximum Gasteiger partial charge on any atom is 0.118 e. The molecule has 4 nitrogen and oxygen atoms in total. The number of hydrogen-bond acceptors (Lipinski definition) is 4. The van der Waals surface area contributed by atoms with E-state index in [9.17, 15) is 0 Å². The molecule has 0 radical (unpaired) electrons. The van der Waals surface area contributed by atoms with E-state index in [1.165, 1.54) is 0 Å². The van der Waals surface area contributed by atoms with E-state index >= 15 is 0 Å². The Morgan fingerprint density at radius 3 is 1.20 bits per heavy atom. The molecular weight excluding hydrogens is 252 g/mol. The smallest absolute Gasteiger partial charge is 0.118 e. The van der Waals surface area contributed by atoms with Gasteiger partial charge in [0.2, 0.25) is 0 Å². The number of rotatable bonds is 5. The molecule has 0 atom stereocenters. The van der Waals surface area contributed by atoms with Gasteiger partial charge in [-0.3, -0.25) is 10.8 Å². The van der Waals surface area contributed by atoms with Crippen LogP contribution in [-0.2, 0) is 0 Å². The second kappa shape index (κ2) is 6.02. The van der Waals surface area contributed by atoms with Crippen LogP contribution in [0, 0.1) is 10.8 Å². The van der Waals surface area contributed by atoms with Gasteiger partial charge in [-0.25, -0.2) is 0 Å². The fraction of sp³-hybridized carbons (Fsp3) is 0.125. The topological polar surface area (TPSA) is 66.2 Å². The van der Waals surface area contributed by atoms with Gasteiger partial charge in [0, 0.05) is 11.1 Å². The molecular formula is C16H16N2O2. The number of nitrogens with one attached hydrogen (secondary N) is 2. The van der Waals surface area contributed by atoms with Gasteiger partial charge in [0.25, 0.3) is 0 Å². The molecule has 0 aromatic heterocycles. The number of hydrogen-bond donors (Lipinski definition) is 2. The summed E-state index contributed by atoms with van der Waals surface area (Å²) in [7, 11) is 3.19. The van der Waals surface area contributed by atoms with E-state index in [0.29, 0.717) is 11.1 Å². The predicted molar refractivity (Wildman–Crippen MR) is 79.6 cm³/mol. The molecule has 2 N–H and O–H groups in total. The van der Waals surface area contributed by atoms with E-state index in [4.69, 9.17) is 20.3 Å². The van der Waals surface area contributed by atoms with E-state index in [2.05, 4.69) is 0 Å². The van der Waals surface area contributed by atoms with Gasteiger partial charge >= 0.3 is 0 Å². The summed E-state index contributed by atoms with van der Waals surface area (Å²) >= 11 is 0. The van der Waals surface area contributed by atoms with Crippen LogP contribution < -0.4 is 9.47 Å². The minimum absolute atomic E-state index is 0.179. The number of ether oxygens (including phenoxy) is 2. The Hall–Kier alpha value is -2.62. The molecule has 0 bridgehead atoms. The summed E-state index contributed by atoms with van der Waals surface area (Å²) in [5, 5.41) is 16.2. The standard InChI is InChI=1S/C16H16N2O2/c1-19-13-7-3-11(4-8-13)15(17)16(18)12-5-9-14(20-2)10-6-12/h3-10,17-18H,1-2H3. The van der Waals surface area contributed by atoms with Gasteiger partial charge in [-0.15, -0.1) is 0 Å². The zero-order valence-electron chi connectivity index (χ0n) is 11.4. The van der Waals surface area contributed by atoms with Gasteiger partial charge in [0.1, 0.15) is 11.5 Å². The molecule has 4 heteroatoms. The summed E-state index contributed by atoms with van der Waals surface area (Å²) in [5.41, 5.74) is 1.73. The summed E-state index contributed by atoms with van der Waals surface area (Å²) in [6.07, 6.45) is 0. The van der Waals surface area contributed by atoms with Crippen molar-refractivity contribution in [3.05, 3.63) is 59.7 Å². The van der Waals surface area contributed by atoms with Crippen LogP contribution in [0.5, 0.6) is 11.5 Å². The quantitative estimate of drug-likeness (QED) is 0.818. The number of benzene rings is 2. The van der Waals surface area contributed by atoms with Crippen LogP contribution >= 0.6 is 0 Å². The minimum Gasteiger partial charge on any atom is -0.497 e. The van der Waals surface area contributed by atoms with Crippen LogP contribution in [-0.4, -0.2) is 25.6 Å². The zero-order chi connectivity index (χ0) is 14.5. The summed E-state index contributed by atoms with van der Waals surface area (Å²) in [6, 6.07) is 14.2. The molecule has 2 aromatic carbocycles. The Balaban J connectivity index is 2.20. The molecule has 0 fully saturated rings. The average Bonchev–Trinajstić information content (AvgIpc) is 2.53. The minimum atomic E-state index is 0.179. The second-order valence-electron chi connectivity index (χ2n) is 4.21. The van der Waals surface area contributed by atoms with E-state index in [0.717, 1.165) is 11.5 Å². The summed E-state index contributed by atoms with van der Waals surface area (Å²) in [4.78, 5) is 0. The maximum atomic E-state index is 8.10. The molecule has 0 heterocycles. The SMILES string of the molecule is COc1ccc(C(=N)C(=N)c2ccc(OC)cc2)cc1. The van der Waals surface area contributed by atoms with Gasteiger partial charge in [-0.05, 0) is 48.5 Å². The Morgan fingerprint density at radius 2 is 0.950 bits per heavy atom. The van der Waals surface area contributed by atoms with E-state index < -0.39 is 0 Å². The highest BCUT2D eigenvalue weighted by Crippen LogP contribution is 2.16. The van der Waals surface area contributed by atoms with Crippen LogP contribution in [0.25, 0.3) is 0 Å². The van der Waals surface area contributed by atoms with Gasteiger partial charge in [0.05, 0.1) is 25.6 Å². The predicted octanol–water partition coefficient (Wildman–Crippen LogP) is 3.14. The van der Waals surface area contributed by atoms with Gasteiger partial charge in [-0.1, -0.05) is 0 Å². The summed E-state index contributed by atoms with van der Waals surface area (Å²) in [6.45, 7) is 0. The van der Waals surface area contributed by atoms with Crippen molar-refractivity contribution in [2.75, 3.05) is 14.2 Å². The average molecular weight is 268 g/mol. The highest BCUT2D eigenvalue weighted by molar-refractivity contribution is 6.51. The van der Waals surface area contributed by atoms with Crippen molar-refractivity contribution in [2.45, 2.75) is 0 Å². The van der Waals surface area contributed by atoms with Crippen molar-refractivity contribution in [1.29, 1.82) is 10.8 Å². The van der Waals surface area contributed by atoms with Crippen molar-refractivity contribution >= 4 is 11.4 Å². The monoisotopic (exact) mass is 268 g/mol. The molecule has 0 aliphatic rings. The molecule has 0 spiro atoms. The Labute approximate surface area is 118 Å². The van der Waals surface area contributed by atoms with Crippen LogP contribution in [0.15, 0.2) is 48.5 Å². The molecule has 2 rings (SSSR count). The molecule has 0 unspecified atom stereocenters. The van der Waals surface area contributed by atoms with Crippen molar-refractivity contribution in [3.63, 3.8) is 0 Å². The zero-order valence-corrected chi connectivity index (χ0v) is 11.4. The molecule has 0 aliphatic carbocycles. The normalized spacial score (nSPS) is 9.90. The highest BCUT2D eigenvalue weighted by Gasteiger charge is 2.10. The first-order valence-electron chi connectivity index (χ1n) is 6.12. The second-order valence-corrected chi connectivity index (χ2v) is 4.21. The lowest BCUT2D eigenvalue weighted by Gasteiger charge is -2.08. The van der Waals surface area contributed by atoms with Crippen LogP contribution in [0.4, 0.5) is 0 Å². The molecule has 2 aromatic rings. The summed E-state index contributed by atoms with van der Waals surface area (Å²) in [5.74, 6) is 1.47. The summed E-state index contributed by atoms with van der Waals surface area (Å²) < 4.78 is 10.2. The largest absolute Gasteiger partial charge is 0.497 e.